The minimum atomic E-state index is -5.88. The van der Waals surface area contributed by atoms with E-state index in [1.165, 1.54) is 55.5 Å². The second-order valence-electron chi connectivity index (χ2n) is 18.7. The maximum atomic E-state index is 15.3. The SMILES string of the molecule is Cc1nc2cc(C(c3ccc4oc(-c5ccc(Oc6ccc(-c7nc8cc(C(c9ccc%10oc(C%11CCC(C)CC%11)nc%10c9)(C(F)(F)F)C(F)(F)F)ccc8o7)cc6)cc5)nc4c3)(C(F)(F)F)C(F)(F)F)ccc2o1. The Morgan fingerprint density at radius 1 is 0.413 bits per heavy atom. The number of ether oxygens (including phenoxy) is 1. The van der Waals surface area contributed by atoms with Gasteiger partial charge in [0.2, 0.25) is 22.6 Å². The minimum Gasteiger partial charge on any atom is -0.457 e. The van der Waals surface area contributed by atoms with Crippen molar-refractivity contribution in [1.82, 2.24) is 19.9 Å². The maximum Gasteiger partial charge on any atom is 0.411 e. The Kier molecular flexibility index (Phi) is 11.4. The lowest BCUT2D eigenvalue weighted by atomic mass is 9.72. The molecule has 21 heteroatoms. The van der Waals surface area contributed by atoms with Gasteiger partial charge < -0.3 is 22.4 Å². The Bertz CT molecular complexity index is 3740. The molecule has 0 spiro atoms. The molecule has 1 fully saturated rings. The van der Waals surface area contributed by atoms with Crippen LogP contribution in [0.25, 0.3) is 67.3 Å². The van der Waals surface area contributed by atoms with Gasteiger partial charge in [-0.15, -0.1) is 0 Å². The molecule has 4 heterocycles. The average molecular weight is 1050 g/mol. The fourth-order valence-corrected chi connectivity index (χ4v) is 10.1. The number of fused-ring (bicyclic) bond motifs is 4. The number of aryl methyl sites for hydroxylation is 1. The van der Waals surface area contributed by atoms with Crippen LogP contribution in [0, 0.1) is 12.8 Å². The van der Waals surface area contributed by atoms with E-state index in [-0.39, 0.29) is 90.9 Å². The monoisotopic (exact) mass is 1050 g/mol. The van der Waals surface area contributed by atoms with Crippen molar-refractivity contribution in [2.75, 3.05) is 0 Å². The predicted molar refractivity (Wildman–Crippen MR) is 248 cm³/mol. The number of rotatable bonds is 9. The topological polar surface area (TPSA) is 113 Å². The van der Waals surface area contributed by atoms with Gasteiger partial charge in [0.1, 0.15) is 33.6 Å². The van der Waals surface area contributed by atoms with Crippen molar-refractivity contribution in [2.24, 2.45) is 5.92 Å². The molecule has 11 rings (SSSR count). The third-order valence-corrected chi connectivity index (χ3v) is 13.9. The van der Waals surface area contributed by atoms with Crippen LogP contribution in [0.1, 0.15) is 72.6 Å². The van der Waals surface area contributed by atoms with Crippen LogP contribution in [0.15, 0.2) is 139 Å². The summed E-state index contributed by atoms with van der Waals surface area (Å²) in [4.78, 5) is 16.8. The molecule has 0 amide bonds. The number of halogens is 12. The van der Waals surface area contributed by atoms with Gasteiger partial charge in [0.25, 0.3) is 0 Å². The highest BCUT2D eigenvalue weighted by Gasteiger charge is 2.74. The minimum absolute atomic E-state index is 0.00834. The van der Waals surface area contributed by atoms with E-state index in [9.17, 15) is 26.3 Å². The van der Waals surface area contributed by atoms with Crippen LogP contribution in [-0.2, 0) is 10.8 Å². The molecule has 6 aromatic carbocycles. The quantitative estimate of drug-likeness (QED) is 0.130. The molecule has 0 N–H and O–H groups in total. The summed E-state index contributed by atoms with van der Waals surface area (Å²) < 4.78 is 210. The average Bonchev–Trinajstić information content (AvgIpc) is 4.18. The second-order valence-corrected chi connectivity index (χ2v) is 18.7. The van der Waals surface area contributed by atoms with Crippen molar-refractivity contribution in [1.29, 1.82) is 0 Å². The standard InChI is InChI=1S/C54H36F12N4O5/c1-27-3-5-29(6-4-27)46-68-39-25-34(13-20-43(39)73-46)50(53(61,62)63,54(64,65)66)35-14-22-45-41(26-35)70-48(75-45)31-9-17-37(18-10-31)72-36-15-7-30(8-16-36)47-69-40-24-33(12-21-44(40)74-47)49(51(55,56)57,52(58,59)60)32-11-19-42-38(23-32)67-28(2)71-42/h7-27,29H,3-6H2,1-2H3. The van der Waals surface area contributed by atoms with Crippen LogP contribution >= 0.6 is 0 Å². The number of alkyl halides is 12. The molecule has 75 heavy (non-hydrogen) atoms. The first-order chi connectivity index (χ1) is 35.4. The van der Waals surface area contributed by atoms with E-state index >= 15 is 26.3 Å². The molecule has 0 saturated heterocycles. The van der Waals surface area contributed by atoms with E-state index in [1.807, 2.05) is 0 Å². The highest BCUT2D eigenvalue weighted by atomic mass is 19.4. The molecule has 1 saturated carbocycles. The van der Waals surface area contributed by atoms with Crippen LogP contribution in [0.2, 0.25) is 0 Å². The molecule has 386 valence electrons. The molecule has 9 nitrogen and oxygen atoms in total. The summed E-state index contributed by atoms with van der Waals surface area (Å²) >= 11 is 0. The number of oxazole rings is 4. The zero-order valence-electron chi connectivity index (χ0n) is 38.9. The maximum absolute atomic E-state index is 15.3. The van der Waals surface area contributed by atoms with Gasteiger partial charge in [-0.05, 0) is 151 Å². The zero-order valence-corrected chi connectivity index (χ0v) is 38.9. The number of hydrogen-bond donors (Lipinski definition) is 0. The summed E-state index contributed by atoms with van der Waals surface area (Å²) in [7, 11) is 0. The number of aromatic nitrogens is 4. The Morgan fingerprint density at radius 2 is 0.760 bits per heavy atom. The molecule has 10 aromatic rings. The van der Waals surface area contributed by atoms with Gasteiger partial charge in [-0.1, -0.05) is 31.2 Å². The number of benzene rings is 6. The summed E-state index contributed by atoms with van der Waals surface area (Å²) in [5.74, 6) is 0.999. The third kappa shape index (κ3) is 8.21. The van der Waals surface area contributed by atoms with E-state index in [4.69, 9.17) is 22.4 Å². The highest BCUT2D eigenvalue weighted by Crippen LogP contribution is 2.59. The normalized spacial score (nSPS) is 16.5. The van der Waals surface area contributed by atoms with Gasteiger partial charge >= 0.3 is 24.7 Å². The van der Waals surface area contributed by atoms with Gasteiger partial charge in [0.15, 0.2) is 34.1 Å². The largest absolute Gasteiger partial charge is 0.457 e. The lowest BCUT2D eigenvalue weighted by Crippen LogP contribution is -2.54. The predicted octanol–water partition coefficient (Wildman–Crippen LogP) is 16.8. The van der Waals surface area contributed by atoms with Crippen molar-refractivity contribution < 1.29 is 75.1 Å². The first kappa shape index (κ1) is 49.4. The lowest BCUT2D eigenvalue weighted by Gasteiger charge is -2.38. The van der Waals surface area contributed by atoms with Crippen LogP contribution in [0.4, 0.5) is 52.7 Å². The molecule has 0 bridgehead atoms. The summed E-state index contributed by atoms with van der Waals surface area (Å²) in [5, 5.41) is 0. The fraction of sp³-hybridized carbons (Fsp3) is 0.259. The molecule has 1 aliphatic rings. The van der Waals surface area contributed by atoms with E-state index in [0.29, 0.717) is 47.9 Å². The third-order valence-electron chi connectivity index (χ3n) is 13.9. The molecule has 0 atom stereocenters. The lowest BCUT2D eigenvalue weighted by molar-refractivity contribution is -0.290. The zero-order chi connectivity index (χ0) is 53.0. The van der Waals surface area contributed by atoms with Gasteiger partial charge in [-0.25, -0.2) is 19.9 Å². The van der Waals surface area contributed by atoms with Gasteiger partial charge in [0.05, 0.1) is 0 Å². The Hall–Kier alpha value is -7.84. The Morgan fingerprint density at radius 3 is 1.15 bits per heavy atom. The van der Waals surface area contributed by atoms with E-state index in [0.717, 1.165) is 62.1 Å². The molecule has 1 aliphatic carbocycles. The van der Waals surface area contributed by atoms with Crippen LogP contribution in [-0.4, -0.2) is 44.6 Å². The fourth-order valence-electron chi connectivity index (χ4n) is 10.1. The van der Waals surface area contributed by atoms with E-state index < -0.39 is 57.8 Å². The smallest absolute Gasteiger partial charge is 0.411 e. The van der Waals surface area contributed by atoms with Gasteiger partial charge in [0, 0.05) is 24.0 Å². The highest BCUT2D eigenvalue weighted by molar-refractivity contribution is 5.81. The second kappa shape index (κ2) is 17.4. The Labute approximate surface area is 415 Å². The van der Waals surface area contributed by atoms with Crippen LogP contribution < -0.4 is 4.74 Å². The van der Waals surface area contributed by atoms with Crippen molar-refractivity contribution in [3.8, 4) is 34.4 Å². The van der Waals surface area contributed by atoms with E-state index in [1.54, 1.807) is 0 Å². The Balaban J connectivity index is 0.831. The van der Waals surface area contributed by atoms with Gasteiger partial charge in [-0.2, -0.15) is 52.7 Å². The summed E-state index contributed by atoms with van der Waals surface area (Å²) in [5.41, 5.74) is -13.9. The van der Waals surface area contributed by atoms with Crippen molar-refractivity contribution >= 4 is 44.4 Å². The summed E-state index contributed by atoms with van der Waals surface area (Å²) in [6, 6.07) is 21.7. The van der Waals surface area contributed by atoms with Crippen molar-refractivity contribution in [3.63, 3.8) is 0 Å². The summed E-state index contributed by atoms with van der Waals surface area (Å²) in [6.07, 6.45) is -20.3. The first-order valence-corrected chi connectivity index (χ1v) is 23.2. The van der Waals surface area contributed by atoms with Gasteiger partial charge in [-0.3, -0.25) is 0 Å². The number of nitrogens with zero attached hydrogens (tertiary/aromatic N) is 4. The molecule has 4 aromatic heterocycles. The van der Waals surface area contributed by atoms with Crippen molar-refractivity contribution in [3.05, 3.63) is 155 Å². The molecule has 0 unspecified atom stereocenters. The molecule has 0 aliphatic heterocycles. The van der Waals surface area contributed by atoms with E-state index in [2.05, 4.69) is 26.9 Å². The first-order valence-electron chi connectivity index (χ1n) is 23.2. The number of hydrogen-bond acceptors (Lipinski definition) is 9. The van der Waals surface area contributed by atoms with Crippen LogP contribution in [0.3, 0.4) is 0 Å². The summed E-state index contributed by atoms with van der Waals surface area (Å²) in [6.45, 7) is 3.51. The molecular formula is C54H36F12N4O5. The molecular weight excluding hydrogens is 1010 g/mol. The van der Waals surface area contributed by atoms with Crippen LogP contribution in [0.5, 0.6) is 11.5 Å². The van der Waals surface area contributed by atoms with Crippen molar-refractivity contribution in [2.45, 2.75) is 81.0 Å². The molecule has 0 radical (unpaired) electrons.